The van der Waals surface area contributed by atoms with Crippen molar-refractivity contribution in [2.75, 3.05) is 7.05 Å². The van der Waals surface area contributed by atoms with Gasteiger partial charge in [0.1, 0.15) is 5.75 Å². The second-order valence-corrected chi connectivity index (χ2v) is 5.67. The Balaban J connectivity index is 2.37. The fourth-order valence-corrected chi connectivity index (χ4v) is 2.61. The Hall–Kier alpha value is -0.740. The highest BCUT2D eigenvalue weighted by atomic mass is 79.9. The Bertz CT molecular complexity index is 590. The largest absolute Gasteiger partial charge is 0.454 e. The molecule has 0 heterocycles. The fourth-order valence-electron chi connectivity index (χ4n) is 1.67. The van der Waals surface area contributed by atoms with Crippen molar-refractivity contribution < 1.29 is 4.74 Å². The van der Waals surface area contributed by atoms with Gasteiger partial charge in [0.15, 0.2) is 5.75 Å². The lowest BCUT2D eigenvalue weighted by molar-refractivity contribution is 0.474. The van der Waals surface area contributed by atoms with Gasteiger partial charge < -0.3 is 10.1 Å². The van der Waals surface area contributed by atoms with Crippen LogP contribution < -0.4 is 10.1 Å². The van der Waals surface area contributed by atoms with E-state index in [2.05, 4.69) is 21.2 Å². The van der Waals surface area contributed by atoms with Crippen LogP contribution in [0.2, 0.25) is 10.0 Å². The second-order valence-electron chi connectivity index (χ2n) is 3.94. The van der Waals surface area contributed by atoms with Crippen LogP contribution in [0, 0.1) is 0 Å². The SMILES string of the molecule is CNCc1cccc(Cl)c1Oc1ccc(Br)cc1Cl. The molecule has 1 N–H and O–H groups in total. The molecule has 0 radical (unpaired) electrons. The molecule has 5 heteroatoms. The van der Waals surface area contributed by atoms with Gasteiger partial charge in [-0.2, -0.15) is 0 Å². The quantitative estimate of drug-likeness (QED) is 0.802. The van der Waals surface area contributed by atoms with E-state index in [4.69, 9.17) is 27.9 Å². The topological polar surface area (TPSA) is 21.3 Å². The van der Waals surface area contributed by atoms with Crippen LogP contribution in [0.5, 0.6) is 11.5 Å². The number of nitrogens with one attached hydrogen (secondary N) is 1. The zero-order valence-corrected chi connectivity index (χ0v) is 13.3. The van der Waals surface area contributed by atoms with Gasteiger partial charge in [0.25, 0.3) is 0 Å². The standard InChI is InChI=1S/C14H12BrCl2NO/c1-18-8-9-3-2-4-11(16)14(9)19-13-6-5-10(15)7-12(13)17/h2-7,18H,8H2,1H3. The van der Waals surface area contributed by atoms with Crippen molar-refractivity contribution in [1.29, 1.82) is 0 Å². The summed E-state index contributed by atoms with van der Waals surface area (Å²) in [4.78, 5) is 0. The average molecular weight is 361 g/mol. The maximum atomic E-state index is 6.19. The van der Waals surface area contributed by atoms with Crippen molar-refractivity contribution in [1.82, 2.24) is 5.32 Å². The molecule has 0 saturated carbocycles. The number of ether oxygens (including phenoxy) is 1. The third-order valence-electron chi connectivity index (χ3n) is 2.52. The maximum Gasteiger partial charge on any atom is 0.150 e. The molecule has 0 unspecified atom stereocenters. The van der Waals surface area contributed by atoms with Crippen LogP contribution >= 0.6 is 39.1 Å². The molecule has 0 saturated heterocycles. The molecular weight excluding hydrogens is 349 g/mol. The molecule has 2 rings (SSSR count). The Labute approximate surface area is 130 Å². The normalized spacial score (nSPS) is 10.5. The van der Waals surface area contributed by atoms with Crippen molar-refractivity contribution in [2.45, 2.75) is 6.54 Å². The monoisotopic (exact) mass is 359 g/mol. The summed E-state index contributed by atoms with van der Waals surface area (Å²) in [6.07, 6.45) is 0. The van der Waals surface area contributed by atoms with E-state index in [9.17, 15) is 0 Å². The third-order valence-corrected chi connectivity index (χ3v) is 3.61. The molecule has 0 bridgehead atoms. The molecule has 0 aliphatic rings. The summed E-state index contributed by atoms with van der Waals surface area (Å²) in [7, 11) is 1.87. The highest BCUT2D eigenvalue weighted by Crippen LogP contribution is 2.37. The summed E-state index contributed by atoms with van der Waals surface area (Å²) in [5, 5.41) is 4.18. The molecule has 100 valence electrons. The highest BCUT2D eigenvalue weighted by Gasteiger charge is 2.11. The molecular formula is C14H12BrCl2NO. The molecule has 0 aliphatic carbocycles. The Morgan fingerprint density at radius 3 is 2.63 bits per heavy atom. The zero-order valence-electron chi connectivity index (χ0n) is 10.2. The minimum absolute atomic E-state index is 0.532. The van der Waals surface area contributed by atoms with Crippen molar-refractivity contribution in [3.05, 3.63) is 56.5 Å². The second kappa shape index (κ2) is 6.62. The van der Waals surface area contributed by atoms with Crippen molar-refractivity contribution in [2.24, 2.45) is 0 Å². The Morgan fingerprint density at radius 1 is 1.16 bits per heavy atom. The number of benzene rings is 2. The molecule has 2 aromatic carbocycles. The number of hydrogen-bond acceptors (Lipinski definition) is 2. The summed E-state index contributed by atoms with van der Waals surface area (Å²) in [5.74, 6) is 1.21. The highest BCUT2D eigenvalue weighted by molar-refractivity contribution is 9.10. The first-order valence-corrected chi connectivity index (χ1v) is 7.21. The van der Waals surface area contributed by atoms with Crippen LogP contribution in [0.25, 0.3) is 0 Å². The van der Waals surface area contributed by atoms with E-state index in [1.54, 1.807) is 18.2 Å². The van der Waals surface area contributed by atoms with Gasteiger partial charge >= 0.3 is 0 Å². The Kier molecular flexibility index (Phi) is 5.11. The van der Waals surface area contributed by atoms with Gasteiger partial charge in [0, 0.05) is 16.6 Å². The van der Waals surface area contributed by atoms with Gasteiger partial charge in [-0.1, -0.05) is 51.3 Å². The van der Waals surface area contributed by atoms with Gasteiger partial charge in [-0.05, 0) is 31.3 Å². The van der Waals surface area contributed by atoms with E-state index in [1.165, 1.54) is 0 Å². The van der Waals surface area contributed by atoms with E-state index in [0.29, 0.717) is 28.1 Å². The third kappa shape index (κ3) is 3.63. The minimum atomic E-state index is 0.532. The van der Waals surface area contributed by atoms with E-state index < -0.39 is 0 Å². The van der Waals surface area contributed by atoms with Crippen molar-refractivity contribution in [3.8, 4) is 11.5 Å². The van der Waals surface area contributed by atoms with Crippen LogP contribution in [0.3, 0.4) is 0 Å². The molecule has 2 nitrogen and oxygen atoms in total. The first-order chi connectivity index (χ1) is 9.11. The lowest BCUT2D eigenvalue weighted by Gasteiger charge is -2.13. The van der Waals surface area contributed by atoms with Gasteiger partial charge in [0.2, 0.25) is 0 Å². The summed E-state index contributed by atoms with van der Waals surface area (Å²) in [6, 6.07) is 11.1. The predicted octanol–water partition coefficient (Wildman–Crippen LogP) is 5.27. The van der Waals surface area contributed by atoms with E-state index >= 15 is 0 Å². The molecule has 0 aliphatic heterocycles. The van der Waals surface area contributed by atoms with Crippen LogP contribution in [0.1, 0.15) is 5.56 Å². The van der Waals surface area contributed by atoms with E-state index in [0.717, 1.165) is 10.0 Å². The van der Waals surface area contributed by atoms with E-state index in [1.807, 2.05) is 25.2 Å². The number of para-hydroxylation sites is 1. The van der Waals surface area contributed by atoms with Gasteiger partial charge in [-0.25, -0.2) is 0 Å². The summed E-state index contributed by atoms with van der Waals surface area (Å²) >= 11 is 15.7. The smallest absolute Gasteiger partial charge is 0.150 e. The molecule has 0 amide bonds. The predicted molar refractivity (Wildman–Crippen MR) is 83.4 cm³/mol. The molecule has 0 fully saturated rings. The Morgan fingerprint density at radius 2 is 1.95 bits per heavy atom. The van der Waals surface area contributed by atoms with Crippen LogP contribution in [0.4, 0.5) is 0 Å². The lowest BCUT2D eigenvalue weighted by Crippen LogP contribution is -2.06. The summed E-state index contributed by atoms with van der Waals surface area (Å²) < 4.78 is 6.76. The molecule has 0 atom stereocenters. The van der Waals surface area contributed by atoms with Gasteiger partial charge in [0.05, 0.1) is 10.0 Å². The zero-order chi connectivity index (χ0) is 13.8. The maximum absolute atomic E-state index is 6.19. The van der Waals surface area contributed by atoms with Crippen molar-refractivity contribution >= 4 is 39.1 Å². The van der Waals surface area contributed by atoms with Gasteiger partial charge in [-0.15, -0.1) is 0 Å². The first kappa shape index (κ1) is 14.7. The number of rotatable bonds is 4. The van der Waals surface area contributed by atoms with Crippen LogP contribution in [-0.2, 0) is 6.54 Å². The van der Waals surface area contributed by atoms with Crippen LogP contribution in [-0.4, -0.2) is 7.05 Å². The molecule has 0 spiro atoms. The molecule has 2 aromatic rings. The number of halogens is 3. The molecule has 0 aromatic heterocycles. The average Bonchev–Trinajstić information content (AvgIpc) is 2.36. The van der Waals surface area contributed by atoms with E-state index in [-0.39, 0.29) is 0 Å². The molecule has 19 heavy (non-hydrogen) atoms. The summed E-state index contributed by atoms with van der Waals surface area (Å²) in [5.41, 5.74) is 0.981. The first-order valence-electron chi connectivity index (χ1n) is 5.66. The minimum Gasteiger partial charge on any atom is -0.454 e. The van der Waals surface area contributed by atoms with Crippen LogP contribution in [0.15, 0.2) is 40.9 Å². The number of hydrogen-bond donors (Lipinski definition) is 1. The van der Waals surface area contributed by atoms with Crippen molar-refractivity contribution in [3.63, 3.8) is 0 Å². The fraction of sp³-hybridized carbons (Fsp3) is 0.143. The van der Waals surface area contributed by atoms with Gasteiger partial charge in [-0.3, -0.25) is 0 Å². The summed E-state index contributed by atoms with van der Waals surface area (Å²) in [6.45, 7) is 0.671. The lowest BCUT2D eigenvalue weighted by atomic mass is 10.2.